The highest BCUT2D eigenvalue weighted by Gasteiger charge is 2.26. The van der Waals surface area contributed by atoms with Gasteiger partial charge in [0.05, 0.1) is 34.1 Å². The van der Waals surface area contributed by atoms with Crippen molar-refractivity contribution >= 4 is 28.9 Å². The number of oxime groups is 1. The monoisotopic (exact) mass is 482 g/mol. The van der Waals surface area contributed by atoms with Crippen LogP contribution in [0.1, 0.15) is 38.3 Å². The molecule has 0 radical (unpaired) electrons. The molecular weight excluding hydrogens is 454 g/mol. The molecule has 0 aliphatic carbocycles. The van der Waals surface area contributed by atoms with Crippen LogP contribution in [-0.4, -0.2) is 53.2 Å². The van der Waals surface area contributed by atoms with E-state index in [4.69, 9.17) is 32.8 Å². The lowest BCUT2D eigenvalue weighted by molar-refractivity contribution is -0.0600. The van der Waals surface area contributed by atoms with E-state index in [1.165, 1.54) is 12.1 Å². The van der Waals surface area contributed by atoms with Crippen LogP contribution in [0.3, 0.4) is 0 Å². The van der Waals surface area contributed by atoms with Crippen LogP contribution in [-0.2, 0) is 16.1 Å². The van der Waals surface area contributed by atoms with E-state index >= 15 is 0 Å². The highest BCUT2D eigenvalue weighted by molar-refractivity contribution is 6.42. The first-order chi connectivity index (χ1) is 15.1. The average Bonchev–Trinajstić information content (AvgIpc) is 3.18. The van der Waals surface area contributed by atoms with E-state index in [1.54, 1.807) is 24.3 Å². The lowest BCUT2D eigenvalue weighted by Gasteiger charge is -2.28. The number of rotatable bonds is 9. The summed E-state index contributed by atoms with van der Waals surface area (Å²) in [5, 5.41) is 15.7. The predicted molar refractivity (Wildman–Crippen MR) is 126 cm³/mol. The van der Waals surface area contributed by atoms with Crippen molar-refractivity contribution in [3.8, 4) is 0 Å². The van der Waals surface area contributed by atoms with Gasteiger partial charge in [-0.05, 0) is 50.6 Å². The van der Waals surface area contributed by atoms with Gasteiger partial charge in [0.15, 0.2) is 0 Å². The third-order valence-corrected chi connectivity index (χ3v) is 5.68. The van der Waals surface area contributed by atoms with Gasteiger partial charge in [0.1, 0.15) is 11.9 Å². The number of halogens is 3. The summed E-state index contributed by atoms with van der Waals surface area (Å²) in [5.74, 6) is -0.280. The molecule has 174 valence electrons. The van der Waals surface area contributed by atoms with E-state index in [-0.39, 0.29) is 24.1 Å². The van der Waals surface area contributed by atoms with Crippen LogP contribution in [0.4, 0.5) is 4.39 Å². The maximum atomic E-state index is 13.3. The molecule has 0 unspecified atom stereocenters. The molecule has 0 saturated heterocycles. The molecule has 2 aromatic carbocycles. The molecule has 1 aliphatic heterocycles. The number of aliphatic hydroxyl groups is 1. The minimum Gasteiger partial charge on any atom is -0.390 e. The topological polar surface area (TPSA) is 54.3 Å². The van der Waals surface area contributed by atoms with Gasteiger partial charge in [0.2, 0.25) is 0 Å². The Hall–Kier alpha value is -1.70. The fraction of sp³-hybridized carbons (Fsp3) is 0.458. The normalized spacial score (nSPS) is 17.4. The highest BCUT2D eigenvalue weighted by Crippen LogP contribution is 2.26. The van der Waals surface area contributed by atoms with Gasteiger partial charge in [-0.25, -0.2) is 4.39 Å². The van der Waals surface area contributed by atoms with Crippen molar-refractivity contribution in [2.75, 3.05) is 19.7 Å². The van der Waals surface area contributed by atoms with Crippen molar-refractivity contribution in [3.63, 3.8) is 0 Å². The van der Waals surface area contributed by atoms with Crippen LogP contribution in [0.25, 0.3) is 0 Å². The second-order valence-corrected chi connectivity index (χ2v) is 9.81. The lowest BCUT2D eigenvalue weighted by atomic mass is 10.0. The largest absolute Gasteiger partial charge is 0.390 e. The molecule has 0 saturated carbocycles. The molecule has 0 aromatic heterocycles. The van der Waals surface area contributed by atoms with Crippen LogP contribution < -0.4 is 0 Å². The smallest absolute Gasteiger partial charge is 0.145 e. The molecule has 2 atom stereocenters. The Morgan fingerprint density at radius 3 is 2.56 bits per heavy atom. The second-order valence-electron chi connectivity index (χ2n) is 9.00. The maximum Gasteiger partial charge on any atom is 0.145 e. The van der Waals surface area contributed by atoms with Crippen molar-refractivity contribution in [2.45, 2.75) is 51.5 Å². The SMILES string of the molecule is CC(C)(C)OC[C@H](O)CN(Cc1ccc(F)cc1)C[C@@H]1CC(c2ccc(Cl)c(Cl)c2)=NO1. The molecule has 3 rings (SSSR count). The molecule has 1 aliphatic rings. The van der Waals surface area contributed by atoms with Gasteiger partial charge < -0.3 is 14.7 Å². The molecule has 0 fully saturated rings. The number of ether oxygens (including phenoxy) is 1. The molecular formula is C24H29Cl2FN2O3. The zero-order chi connectivity index (χ0) is 23.3. The average molecular weight is 483 g/mol. The third kappa shape index (κ3) is 7.71. The molecule has 1 heterocycles. The van der Waals surface area contributed by atoms with Crippen molar-refractivity contribution in [1.29, 1.82) is 0 Å². The summed E-state index contributed by atoms with van der Waals surface area (Å²) < 4.78 is 19.0. The van der Waals surface area contributed by atoms with Gasteiger partial charge in [-0.15, -0.1) is 0 Å². The standard InChI is InChI=1S/C24H29Cl2FN2O3/c1-24(2,3)31-15-19(30)13-29(12-16-4-7-18(27)8-5-16)14-20-11-23(28-32-20)17-6-9-21(25)22(26)10-17/h4-10,19-20,30H,11-15H2,1-3H3/t19-,20+/m1/s1. The molecule has 8 heteroatoms. The summed E-state index contributed by atoms with van der Waals surface area (Å²) in [4.78, 5) is 7.74. The quantitative estimate of drug-likeness (QED) is 0.526. The summed E-state index contributed by atoms with van der Waals surface area (Å²) in [7, 11) is 0. The van der Waals surface area contributed by atoms with E-state index in [2.05, 4.69) is 10.1 Å². The number of benzene rings is 2. The first-order valence-electron chi connectivity index (χ1n) is 10.6. The zero-order valence-corrected chi connectivity index (χ0v) is 20.0. The summed E-state index contributed by atoms with van der Waals surface area (Å²) in [5.41, 5.74) is 2.27. The molecule has 1 N–H and O–H groups in total. The van der Waals surface area contributed by atoms with Crippen LogP contribution in [0.15, 0.2) is 47.6 Å². The molecule has 5 nitrogen and oxygen atoms in total. The summed E-state index contributed by atoms with van der Waals surface area (Å²) in [6, 6.07) is 11.7. The highest BCUT2D eigenvalue weighted by atomic mass is 35.5. The second kappa shape index (κ2) is 10.9. The van der Waals surface area contributed by atoms with E-state index in [0.717, 1.165) is 16.8 Å². The Labute approximate surface area is 198 Å². The molecule has 0 bridgehead atoms. The zero-order valence-electron chi connectivity index (χ0n) is 18.5. The maximum absolute atomic E-state index is 13.3. The predicted octanol–water partition coefficient (Wildman–Crippen LogP) is 5.30. The van der Waals surface area contributed by atoms with Crippen molar-refractivity contribution in [3.05, 3.63) is 69.5 Å². The Morgan fingerprint density at radius 1 is 1.19 bits per heavy atom. The van der Waals surface area contributed by atoms with Gasteiger partial charge in [0.25, 0.3) is 0 Å². The number of hydrogen-bond acceptors (Lipinski definition) is 5. The summed E-state index contributed by atoms with van der Waals surface area (Å²) >= 11 is 12.1. The summed E-state index contributed by atoms with van der Waals surface area (Å²) in [6.07, 6.45) is -0.255. The van der Waals surface area contributed by atoms with Gasteiger partial charge in [0, 0.05) is 31.6 Å². The fourth-order valence-electron chi connectivity index (χ4n) is 3.41. The van der Waals surface area contributed by atoms with Crippen LogP contribution >= 0.6 is 23.2 Å². The van der Waals surface area contributed by atoms with E-state index in [1.807, 2.05) is 26.8 Å². The number of aliphatic hydroxyl groups excluding tert-OH is 1. The van der Waals surface area contributed by atoms with Crippen LogP contribution in [0.5, 0.6) is 0 Å². The van der Waals surface area contributed by atoms with E-state index in [9.17, 15) is 9.50 Å². The van der Waals surface area contributed by atoms with Crippen molar-refractivity contribution < 1.29 is 19.1 Å². The van der Waals surface area contributed by atoms with Gasteiger partial charge in [-0.3, -0.25) is 4.90 Å². The minimum absolute atomic E-state index is 0.185. The first kappa shape index (κ1) is 24.9. The van der Waals surface area contributed by atoms with Gasteiger partial charge in [-0.2, -0.15) is 0 Å². The van der Waals surface area contributed by atoms with Crippen LogP contribution in [0, 0.1) is 5.82 Å². The third-order valence-electron chi connectivity index (χ3n) is 4.94. The van der Waals surface area contributed by atoms with Crippen molar-refractivity contribution in [2.24, 2.45) is 5.16 Å². The Bertz CT molecular complexity index is 932. The molecule has 32 heavy (non-hydrogen) atoms. The minimum atomic E-state index is -0.675. The lowest BCUT2D eigenvalue weighted by Crippen LogP contribution is -2.40. The first-order valence-corrected chi connectivity index (χ1v) is 11.3. The fourth-order valence-corrected chi connectivity index (χ4v) is 3.71. The summed E-state index contributed by atoms with van der Waals surface area (Å²) in [6.45, 7) is 7.53. The van der Waals surface area contributed by atoms with Crippen LogP contribution in [0.2, 0.25) is 10.0 Å². The Kier molecular flexibility index (Phi) is 8.53. The number of nitrogens with zero attached hydrogens (tertiary/aromatic N) is 2. The molecule has 2 aromatic rings. The Balaban J connectivity index is 1.63. The number of hydrogen-bond donors (Lipinski definition) is 1. The van der Waals surface area contributed by atoms with Gasteiger partial charge >= 0.3 is 0 Å². The Morgan fingerprint density at radius 2 is 1.91 bits per heavy atom. The van der Waals surface area contributed by atoms with E-state index in [0.29, 0.717) is 36.1 Å². The van der Waals surface area contributed by atoms with Crippen molar-refractivity contribution in [1.82, 2.24) is 4.90 Å². The van der Waals surface area contributed by atoms with Gasteiger partial charge in [-0.1, -0.05) is 46.6 Å². The molecule has 0 amide bonds. The van der Waals surface area contributed by atoms with E-state index < -0.39 is 6.10 Å². The molecule has 0 spiro atoms.